The van der Waals surface area contributed by atoms with Gasteiger partial charge in [-0.2, -0.15) is 0 Å². The number of ether oxygens (including phenoxy) is 1. The molecular weight excluding hydrogens is 314 g/mol. The summed E-state index contributed by atoms with van der Waals surface area (Å²) in [6, 6.07) is 1.39. The molecule has 1 aliphatic rings. The molecule has 24 heavy (non-hydrogen) atoms. The van der Waals surface area contributed by atoms with Gasteiger partial charge in [-0.25, -0.2) is 13.6 Å². The van der Waals surface area contributed by atoms with E-state index in [0.717, 1.165) is 0 Å². The van der Waals surface area contributed by atoms with Gasteiger partial charge in [-0.3, -0.25) is 9.88 Å². The number of amides is 1. The van der Waals surface area contributed by atoms with E-state index in [1.807, 2.05) is 13.8 Å². The van der Waals surface area contributed by atoms with Crippen molar-refractivity contribution in [2.45, 2.75) is 71.3 Å². The molecule has 0 saturated heterocycles. The molecule has 1 aliphatic heterocycles. The molecule has 6 heteroatoms. The molecule has 0 aromatic carbocycles. The van der Waals surface area contributed by atoms with E-state index in [4.69, 9.17) is 4.74 Å². The third kappa shape index (κ3) is 3.68. The Hall–Kier alpha value is -1.72. The number of anilines is 1. The number of pyridine rings is 1. The van der Waals surface area contributed by atoms with Gasteiger partial charge in [0.05, 0.1) is 11.4 Å². The molecule has 134 valence electrons. The summed E-state index contributed by atoms with van der Waals surface area (Å²) >= 11 is 0. The van der Waals surface area contributed by atoms with Crippen molar-refractivity contribution in [3.63, 3.8) is 0 Å². The van der Waals surface area contributed by atoms with Gasteiger partial charge in [-0.1, -0.05) is 27.2 Å². The zero-order valence-electron chi connectivity index (χ0n) is 15.2. The fraction of sp³-hybridized carbons (Fsp3) is 0.667. The quantitative estimate of drug-likeness (QED) is 0.777. The van der Waals surface area contributed by atoms with Crippen LogP contribution in [0.2, 0.25) is 0 Å². The molecule has 1 amide bonds. The monoisotopic (exact) mass is 340 g/mol. The van der Waals surface area contributed by atoms with Gasteiger partial charge in [0.1, 0.15) is 5.60 Å². The second kappa shape index (κ2) is 5.97. The third-order valence-corrected chi connectivity index (χ3v) is 3.95. The molecule has 0 aliphatic carbocycles. The van der Waals surface area contributed by atoms with Gasteiger partial charge < -0.3 is 4.74 Å². The van der Waals surface area contributed by atoms with E-state index in [9.17, 15) is 13.6 Å². The van der Waals surface area contributed by atoms with Crippen LogP contribution in [-0.4, -0.2) is 23.2 Å². The number of hydrogen-bond acceptors (Lipinski definition) is 3. The van der Waals surface area contributed by atoms with Crippen LogP contribution < -0.4 is 4.90 Å². The Morgan fingerprint density at radius 2 is 2.00 bits per heavy atom. The molecule has 1 aromatic heterocycles. The highest BCUT2D eigenvalue weighted by atomic mass is 19.3. The molecule has 1 aromatic rings. The van der Waals surface area contributed by atoms with Crippen molar-refractivity contribution in [1.82, 2.24) is 4.98 Å². The van der Waals surface area contributed by atoms with Crippen LogP contribution in [-0.2, 0) is 16.1 Å². The van der Waals surface area contributed by atoms with Crippen LogP contribution in [0.3, 0.4) is 0 Å². The minimum atomic E-state index is -2.96. The average molecular weight is 340 g/mol. The predicted molar refractivity (Wildman–Crippen MR) is 89.6 cm³/mol. The van der Waals surface area contributed by atoms with Crippen molar-refractivity contribution in [2.24, 2.45) is 0 Å². The second-order valence-electron chi connectivity index (χ2n) is 8.00. The van der Waals surface area contributed by atoms with Crippen molar-refractivity contribution in [1.29, 1.82) is 0 Å². The van der Waals surface area contributed by atoms with Crippen LogP contribution >= 0.6 is 0 Å². The maximum absolute atomic E-state index is 14.2. The minimum absolute atomic E-state index is 0.158. The topological polar surface area (TPSA) is 42.4 Å². The molecular formula is C18H26F2N2O2. The van der Waals surface area contributed by atoms with Crippen molar-refractivity contribution >= 4 is 11.8 Å². The normalized spacial score (nSPS) is 16.9. The maximum Gasteiger partial charge on any atom is 0.414 e. The summed E-state index contributed by atoms with van der Waals surface area (Å²) in [6.07, 6.45) is 0.816. The van der Waals surface area contributed by atoms with Gasteiger partial charge in [0.25, 0.3) is 5.92 Å². The van der Waals surface area contributed by atoms with E-state index in [0.29, 0.717) is 24.3 Å². The van der Waals surface area contributed by atoms with Crippen LogP contribution in [0.5, 0.6) is 0 Å². The first-order chi connectivity index (χ1) is 10.9. The summed E-state index contributed by atoms with van der Waals surface area (Å²) in [6.45, 7) is 11.3. The summed E-state index contributed by atoms with van der Waals surface area (Å²) in [5.74, 6) is -2.96. The standard InChI is InChI=1S/C18H26F2N2O2/c1-7-8-18(19,20)12-9-13-14(21-10-12)17(5,6)11-22(13)15(23)24-16(2,3)4/h9-10H,7-8,11H2,1-6H3. The molecule has 0 fully saturated rings. The molecule has 0 saturated carbocycles. The Labute approximate surface area is 142 Å². The summed E-state index contributed by atoms with van der Waals surface area (Å²) in [5, 5.41) is 0. The van der Waals surface area contributed by atoms with Crippen LogP contribution in [0.4, 0.5) is 19.3 Å². The van der Waals surface area contributed by atoms with E-state index in [-0.39, 0.29) is 12.0 Å². The lowest BCUT2D eigenvalue weighted by atomic mass is 9.91. The zero-order chi connectivity index (χ0) is 18.3. The molecule has 0 N–H and O–H groups in total. The highest BCUT2D eigenvalue weighted by molar-refractivity contribution is 5.91. The molecule has 0 atom stereocenters. The van der Waals surface area contributed by atoms with Crippen molar-refractivity contribution in [3.05, 3.63) is 23.5 Å². The Balaban J connectivity index is 2.43. The predicted octanol–water partition coefficient (Wildman–Crippen LogP) is 5.01. The minimum Gasteiger partial charge on any atom is -0.443 e. The Kier molecular flexibility index (Phi) is 4.63. The van der Waals surface area contributed by atoms with Crippen LogP contribution in [0.1, 0.15) is 65.6 Å². The SMILES string of the molecule is CCCC(F)(F)c1cnc2c(c1)N(C(=O)OC(C)(C)C)CC2(C)C. The smallest absolute Gasteiger partial charge is 0.414 e. The Morgan fingerprint density at radius 1 is 1.38 bits per heavy atom. The van der Waals surface area contributed by atoms with Gasteiger partial charge >= 0.3 is 6.09 Å². The van der Waals surface area contributed by atoms with Gasteiger partial charge in [-0.15, -0.1) is 0 Å². The highest BCUT2D eigenvalue weighted by Crippen LogP contribution is 2.43. The number of carbonyl (C=O) groups is 1. The number of hydrogen-bond donors (Lipinski definition) is 0. The molecule has 0 unspecified atom stereocenters. The fourth-order valence-electron chi connectivity index (χ4n) is 2.87. The van der Waals surface area contributed by atoms with Crippen LogP contribution in [0, 0.1) is 0 Å². The summed E-state index contributed by atoms with van der Waals surface area (Å²) < 4.78 is 33.9. The zero-order valence-corrected chi connectivity index (χ0v) is 15.2. The van der Waals surface area contributed by atoms with Crippen LogP contribution in [0.25, 0.3) is 0 Å². The Morgan fingerprint density at radius 3 is 2.54 bits per heavy atom. The molecule has 0 bridgehead atoms. The fourth-order valence-corrected chi connectivity index (χ4v) is 2.87. The summed E-state index contributed by atoms with van der Waals surface area (Å²) in [5.41, 5.74) is -0.160. The molecule has 0 radical (unpaired) electrons. The number of nitrogens with zero attached hydrogens (tertiary/aromatic N) is 2. The first-order valence-corrected chi connectivity index (χ1v) is 8.27. The average Bonchev–Trinajstić information content (AvgIpc) is 2.69. The summed E-state index contributed by atoms with van der Waals surface area (Å²) in [7, 11) is 0. The lowest BCUT2D eigenvalue weighted by molar-refractivity contribution is -0.0143. The van der Waals surface area contributed by atoms with Gasteiger partial charge in [0.15, 0.2) is 0 Å². The molecule has 4 nitrogen and oxygen atoms in total. The van der Waals surface area contributed by atoms with E-state index in [1.54, 1.807) is 27.7 Å². The summed E-state index contributed by atoms with van der Waals surface area (Å²) in [4.78, 5) is 18.2. The van der Waals surface area contributed by atoms with E-state index >= 15 is 0 Å². The lowest BCUT2D eigenvalue weighted by Gasteiger charge is -2.26. The largest absolute Gasteiger partial charge is 0.443 e. The number of fused-ring (bicyclic) bond motifs is 1. The maximum atomic E-state index is 14.2. The van der Waals surface area contributed by atoms with E-state index < -0.39 is 23.0 Å². The Bertz CT molecular complexity index is 636. The first-order valence-electron chi connectivity index (χ1n) is 8.27. The van der Waals surface area contributed by atoms with Crippen LogP contribution in [0.15, 0.2) is 12.3 Å². The van der Waals surface area contributed by atoms with Gasteiger partial charge in [0, 0.05) is 30.1 Å². The van der Waals surface area contributed by atoms with Gasteiger partial charge in [0.2, 0.25) is 0 Å². The first kappa shape index (κ1) is 18.6. The molecule has 0 spiro atoms. The molecule has 2 heterocycles. The highest BCUT2D eigenvalue weighted by Gasteiger charge is 2.43. The third-order valence-electron chi connectivity index (χ3n) is 3.95. The van der Waals surface area contributed by atoms with Crippen molar-refractivity contribution in [2.75, 3.05) is 11.4 Å². The number of carbonyl (C=O) groups excluding carboxylic acids is 1. The second-order valence-corrected chi connectivity index (χ2v) is 8.00. The molecule has 2 rings (SSSR count). The van der Waals surface area contributed by atoms with Gasteiger partial charge in [-0.05, 0) is 26.8 Å². The number of rotatable bonds is 3. The van der Waals surface area contributed by atoms with E-state index in [2.05, 4.69) is 4.98 Å². The van der Waals surface area contributed by atoms with Crippen molar-refractivity contribution < 1.29 is 18.3 Å². The lowest BCUT2D eigenvalue weighted by Crippen LogP contribution is -2.38. The van der Waals surface area contributed by atoms with E-state index in [1.165, 1.54) is 17.2 Å². The number of alkyl halides is 2. The van der Waals surface area contributed by atoms with Crippen molar-refractivity contribution in [3.8, 4) is 0 Å². The number of halogens is 2. The number of aromatic nitrogens is 1.